The predicted octanol–water partition coefficient (Wildman–Crippen LogP) is 2.00. The van der Waals surface area contributed by atoms with Gasteiger partial charge < -0.3 is 0 Å². The second-order valence-corrected chi connectivity index (χ2v) is 5.35. The van der Waals surface area contributed by atoms with Crippen molar-refractivity contribution in [2.24, 2.45) is 5.41 Å². The molecular weight excluding hydrogens is 256 g/mol. The molecule has 1 aliphatic carbocycles. The smallest absolute Gasteiger partial charge is 0.277 e. The van der Waals surface area contributed by atoms with E-state index in [1.165, 1.54) is 4.90 Å². The fourth-order valence-corrected chi connectivity index (χ4v) is 2.79. The van der Waals surface area contributed by atoms with Gasteiger partial charge in [0, 0.05) is 0 Å². The summed E-state index contributed by atoms with van der Waals surface area (Å²) < 4.78 is 0. The molecule has 3 rings (SSSR count). The molecule has 0 aromatic heterocycles. The molecule has 5 heteroatoms. The molecule has 1 N–H and O–H groups in total. The predicted molar refractivity (Wildman–Crippen MR) is 71.5 cm³/mol. The molecule has 5 nitrogen and oxygen atoms in total. The largest absolute Gasteiger partial charge is 0.331 e. The summed E-state index contributed by atoms with van der Waals surface area (Å²) in [5.41, 5.74) is -0.0699. The number of urea groups is 1. The Hall–Kier alpha value is -2.17. The number of carbonyl (C=O) groups excluding carboxylic acids is 3. The van der Waals surface area contributed by atoms with Crippen molar-refractivity contribution >= 4 is 17.8 Å². The molecule has 1 aromatic rings. The fourth-order valence-electron chi connectivity index (χ4n) is 2.79. The van der Waals surface area contributed by atoms with Crippen LogP contribution in [0.3, 0.4) is 0 Å². The average molecular weight is 272 g/mol. The molecule has 1 spiro atoms. The number of benzene rings is 1. The van der Waals surface area contributed by atoms with E-state index in [2.05, 4.69) is 5.32 Å². The summed E-state index contributed by atoms with van der Waals surface area (Å²) in [5, 5.41) is 2.32. The van der Waals surface area contributed by atoms with Gasteiger partial charge in [0.05, 0.1) is 6.04 Å². The molecule has 1 atom stereocenters. The van der Waals surface area contributed by atoms with Crippen molar-refractivity contribution < 1.29 is 14.4 Å². The molecule has 1 saturated carbocycles. The van der Waals surface area contributed by atoms with Gasteiger partial charge in [-0.2, -0.15) is 0 Å². The van der Waals surface area contributed by atoms with Gasteiger partial charge in [0.1, 0.15) is 5.41 Å². The third-order valence-electron chi connectivity index (χ3n) is 4.13. The van der Waals surface area contributed by atoms with Gasteiger partial charge >= 0.3 is 6.03 Å². The summed E-state index contributed by atoms with van der Waals surface area (Å²) in [7, 11) is 0. The van der Waals surface area contributed by atoms with Crippen molar-refractivity contribution in [3.05, 3.63) is 35.9 Å². The zero-order chi connectivity index (χ0) is 14.3. The maximum atomic E-state index is 12.5. The van der Waals surface area contributed by atoms with Crippen LogP contribution >= 0.6 is 0 Å². The SMILES string of the molecule is CCC(c1ccccc1)N1C(=O)NC(=O)C2(CC2)C1=O. The topological polar surface area (TPSA) is 66.5 Å². The standard InChI is InChI=1S/C15H16N2O3/c1-2-11(10-6-4-3-5-7-10)17-13(19)15(8-9-15)12(18)16-14(17)20/h3-7,11H,2,8-9H2,1H3,(H,16,18,20). The Kier molecular flexibility index (Phi) is 2.85. The number of amides is 4. The minimum Gasteiger partial charge on any atom is -0.277 e. The normalized spacial score (nSPS) is 21.9. The summed E-state index contributed by atoms with van der Waals surface area (Å²) >= 11 is 0. The lowest BCUT2D eigenvalue weighted by atomic mass is 9.96. The van der Waals surface area contributed by atoms with Gasteiger partial charge in [-0.05, 0) is 24.8 Å². The molecule has 1 saturated heterocycles. The maximum absolute atomic E-state index is 12.5. The van der Waals surface area contributed by atoms with Crippen LogP contribution in [0.15, 0.2) is 30.3 Å². The molecule has 2 fully saturated rings. The highest BCUT2D eigenvalue weighted by molar-refractivity contribution is 6.21. The molecule has 104 valence electrons. The summed E-state index contributed by atoms with van der Waals surface area (Å²) in [6, 6.07) is 8.50. The van der Waals surface area contributed by atoms with Crippen LogP contribution in [0.1, 0.15) is 37.8 Å². The Morgan fingerprint density at radius 1 is 1.20 bits per heavy atom. The summed E-state index contributed by atoms with van der Waals surface area (Å²) in [6.45, 7) is 1.92. The molecular formula is C15H16N2O3. The van der Waals surface area contributed by atoms with E-state index in [9.17, 15) is 14.4 Å². The van der Waals surface area contributed by atoms with Crippen molar-refractivity contribution in [1.29, 1.82) is 0 Å². The van der Waals surface area contributed by atoms with Gasteiger partial charge in [0.2, 0.25) is 11.8 Å². The van der Waals surface area contributed by atoms with Crippen LogP contribution in [0.25, 0.3) is 0 Å². The lowest BCUT2D eigenvalue weighted by molar-refractivity contribution is -0.146. The van der Waals surface area contributed by atoms with Crippen molar-refractivity contribution in [3.8, 4) is 0 Å². The number of hydrogen-bond donors (Lipinski definition) is 1. The second-order valence-electron chi connectivity index (χ2n) is 5.35. The van der Waals surface area contributed by atoms with E-state index in [0.29, 0.717) is 19.3 Å². The van der Waals surface area contributed by atoms with Gasteiger partial charge in [-0.1, -0.05) is 37.3 Å². The van der Waals surface area contributed by atoms with Crippen molar-refractivity contribution in [2.45, 2.75) is 32.2 Å². The van der Waals surface area contributed by atoms with Gasteiger partial charge in [0.25, 0.3) is 0 Å². The molecule has 0 radical (unpaired) electrons. The zero-order valence-corrected chi connectivity index (χ0v) is 11.3. The van der Waals surface area contributed by atoms with Crippen LogP contribution in [0.5, 0.6) is 0 Å². The highest BCUT2D eigenvalue weighted by Crippen LogP contribution is 2.50. The molecule has 1 heterocycles. The number of hydrogen-bond acceptors (Lipinski definition) is 3. The first kappa shape index (κ1) is 12.8. The highest BCUT2D eigenvalue weighted by Gasteiger charge is 2.63. The van der Waals surface area contributed by atoms with E-state index in [-0.39, 0.29) is 11.9 Å². The van der Waals surface area contributed by atoms with Crippen molar-refractivity contribution in [1.82, 2.24) is 10.2 Å². The summed E-state index contributed by atoms with van der Waals surface area (Å²) in [6.07, 6.45) is 1.69. The zero-order valence-electron chi connectivity index (χ0n) is 11.3. The van der Waals surface area contributed by atoms with E-state index in [1.807, 2.05) is 37.3 Å². The van der Waals surface area contributed by atoms with Crippen molar-refractivity contribution in [3.63, 3.8) is 0 Å². The first-order valence-corrected chi connectivity index (χ1v) is 6.84. The van der Waals surface area contributed by atoms with Gasteiger partial charge in [-0.25, -0.2) is 4.79 Å². The van der Waals surface area contributed by atoms with Gasteiger partial charge in [0.15, 0.2) is 0 Å². The third kappa shape index (κ3) is 1.73. The number of nitrogens with zero attached hydrogens (tertiary/aromatic N) is 1. The van der Waals surface area contributed by atoms with Gasteiger partial charge in [-0.3, -0.25) is 19.8 Å². The molecule has 2 aliphatic rings. The quantitative estimate of drug-likeness (QED) is 0.856. The first-order chi connectivity index (χ1) is 9.60. The number of barbiturate groups is 1. The first-order valence-electron chi connectivity index (χ1n) is 6.84. The fraction of sp³-hybridized carbons (Fsp3) is 0.400. The van der Waals surface area contributed by atoms with Crippen LogP contribution in [-0.4, -0.2) is 22.7 Å². The Bertz CT molecular complexity index is 578. The monoisotopic (exact) mass is 272 g/mol. The average Bonchev–Trinajstić information content (AvgIpc) is 3.24. The minimum absolute atomic E-state index is 0.325. The van der Waals surface area contributed by atoms with Crippen molar-refractivity contribution in [2.75, 3.05) is 0 Å². The van der Waals surface area contributed by atoms with E-state index < -0.39 is 17.4 Å². The number of imide groups is 2. The molecule has 0 bridgehead atoms. The van der Waals surface area contributed by atoms with Crippen LogP contribution in [0, 0.1) is 5.41 Å². The summed E-state index contributed by atoms with van der Waals surface area (Å²) in [4.78, 5) is 37.7. The molecule has 1 aromatic carbocycles. The van der Waals surface area contributed by atoms with E-state index in [0.717, 1.165) is 5.56 Å². The molecule has 4 amide bonds. The second kappa shape index (κ2) is 4.44. The van der Waals surface area contributed by atoms with Crippen LogP contribution in [-0.2, 0) is 9.59 Å². The number of nitrogens with one attached hydrogen (secondary N) is 1. The van der Waals surface area contributed by atoms with E-state index in [4.69, 9.17) is 0 Å². The number of rotatable bonds is 3. The van der Waals surface area contributed by atoms with Crippen LogP contribution < -0.4 is 5.32 Å². The lowest BCUT2D eigenvalue weighted by Gasteiger charge is -2.35. The van der Waals surface area contributed by atoms with Crippen LogP contribution in [0.4, 0.5) is 4.79 Å². The van der Waals surface area contributed by atoms with Crippen LogP contribution in [0.2, 0.25) is 0 Å². The Morgan fingerprint density at radius 3 is 2.40 bits per heavy atom. The Labute approximate surface area is 116 Å². The molecule has 1 aliphatic heterocycles. The number of carbonyl (C=O) groups is 3. The van der Waals surface area contributed by atoms with Gasteiger partial charge in [-0.15, -0.1) is 0 Å². The Morgan fingerprint density at radius 2 is 1.85 bits per heavy atom. The lowest BCUT2D eigenvalue weighted by Crippen LogP contribution is -2.59. The maximum Gasteiger partial charge on any atom is 0.331 e. The Balaban J connectivity index is 1.97. The van der Waals surface area contributed by atoms with E-state index in [1.54, 1.807) is 0 Å². The third-order valence-corrected chi connectivity index (χ3v) is 4.13. The van der Waals surface area contributed by atoms with E-state index >= 15 is 0 Å². The molecule has 20 heavy (non-hydrogen) atoms. The highest BCUT2D eigenvalue weighted by atomic mass is 16.2. The minimum atomic E-state index is -0.976. The summed E-state index contributed by atoms with van der Waals surface area (Å²) in [5.74, 6) is -0.784. The molecule has 1 unspecified atom stereocenters.